The van der Waals surface area contributed by atoms with Crippen LogP contribution in [0, 0.1) is 12.3 Å². The van der Waals surface area contributed by atoms with Gasteiger partial charge in [-0.05, 0) is 17.7 Å². The van der Waals surface area contributed by atoms with Crippen LogP contribution >= 0.6 is 0 Å². The van der Waals surface area contributed by atoms with Crippen molar-refractivity contribution in [2.24, 2.45) is 5.73 Å². The van der Waals surface area contributed by atoms with Gasteiger partial charge in [0.1, 0.15) is 0 Å². The maximum absolute atomic E-state index is 5.86. The number of rotatable bonds is 5. The van der Waals surface area contributed by atoms with Crippen molar-refractivity contribution in [3.63, 3.8) is 0 Å². The molecule has 1 aromatic heterocycles. The Hall–Kier alpha value is -1.87. The second kappa shape index (κ2) is 5.78. The second-order valence-electron chi connectivity index (χ2n) is 2.97. The third-order valence-electron chi connectivity index (χ3n) is 1.98. The second-order valence-corrected chi connectivity index (χ2v) is 2.97. The average Bonchev–Trinajstić information content (AvgIpc) is 2.72. The molecule has 0 aromatic carbocycles. The highest BCUT2D eigenvalue weighted by atomic mass is 15.5. The highest BCUT2D eigenvalue weighted by Crippen LogP contribution is 2.04. The van der Waals surface area contributed by atoms with Crippen LogP contribution in [0.1, 0.15) is 13.3 Å². The van der Waals surface area contributed by atoms with E-state index in [9.17, 15) is 0 Å². The number of tetrazole rings is 1. The molecule has 0 aliphatic carbocycles. The number of anilines is 1. The summed E-state index contributed by atoms with van der Waals surface area (Å²) in [7, 11) is 0. The number of aromatic nitrogens is 4. The fourth-order valence-electron chi connectivity index (χ4n) is 1.12. The molecule has 0 bridgehead atoms. The van der Waals surface area contributed by atoms with Gasteiger partial charge in [-0.25, -0.2) is 0 Å². The van der Waals surface area contributed by atoms with Gasteiger partial charge in [0.15, 0.2) is 0 Å². The first-order valence-electron chi connectivity index (χ1n) is 4.59. The fraction of sp³-hybridized carbons (Fsp3) is 0.444. The lowest BCUT2D eigenvalue weighted by Gasteiger charge is -2.13. The van der Waals surface area contributed by atoms with Gasteiger partial charge in [0, 0.05) is 19.0 Å². The molecule has 1 rings (SSSR count). The SMILES string of the molecule is C#CCC(N)C(=CC)CNc1nn[nH]n1. The van der Waals surface area contributed by atoms with Gasteiger partial charge in [-0.3, -0.25) is 0 Å². The number of nitrogens with one attached hydrogen (secondary N) is 2. The molecule has 6 nitrogen and oxygen atoms in total. The van der Waals surface area contributed by atoms with Crippen LogP contribution in [0.3, 0.4) is 0 Å². The van der Waals surface area contributed by atoms with E-state index in [2.05, 4.69) is 31.9 Å². The predicted molar refractivity (Wildman–Crippen MR) is 57.8 cm³/mol. The molecule has 0 radical (unpaired) electrons. The standard InChI is InChI=1S/C9H14N6/c1-3-5-8(10)7(4-2)6-11-9-12-14-15-13-9/h1,4,8H,5-6,10H2,2H3,(H2,11,12,13,14,15). The van der Waals surface area contributed by atoms with Gasteiger partial charge < -0.3 is 11.1 Å². The van der Waals surface area contributed by atoms with Gasteiger partial charge in [0.05, 0.1) is 0 Å². The Morgan fingerprint density at radius 1 is 1.80 bits per heavy atom. The number of nitrogens with zero attached hydrogens (tertiary/aromatic N) is 3. The lowest BCUT2D eigenvalue weighted by molar-refractivity contribution is 0.780. The first kappa shape index (κ1) is 11.2. The molecule has 4 N–H and O–H groups in total. The zero-order chi connectivity index (χ0) is 11.1. The summed E-state index contributed by atoms with van der Waals surface area (Å²) in [6, 6.07) is -0.126. The lowest BCUT2D eigenvalue weighted by atomic mass is 10.1. The molecule has 80 valence electrons. The summed E-state index contributed by atoms with van der Waals surface area (Å²) in [5.41, 5.74) is 6.89. The summed E-state index contributed by atoms with van der Waals surface area (Å²) in [5.74, 6) is 2.98. The van der Waals surface area contributed by atoms with Crippen LogP contribution in [-0.2, 0) is 0 Å². The van der Waals surface area contributed by atoms with Crippen molar-refractivity contribution >= 4 is 5.95 Å². The molecule has 1 heterocycles. The van der Waals surface area contributed by atoms with Gasteiger partial charge in [0.2, 0.25) is 0 Å². The zero-order valence-corrected chi connectivity index (χ0v) is 8.57. The van der Waals surface area contributed by atoms with Crippen molar-refractivity contribution < 1.29 is 0 Å². The van der Waals surface area contributed by atoms with Crippen LogP contribution in [0.4, 0.5) is 5.95 Å². The van der Waals surface area contributed by atoms with Crippen LogP contribution in [0.5, 0.6) is 0 Å². The Balaban J connectivity index is 2.45. The lowest BCUT2D eigenvalue weighted by Crippen LogP contribution is -2.26. The van der Waals surface area contributed by atoms with E-state index in [4.69, 9.17) is 12.2 Å². The monoisotopic (exact) mass is 206 g/mol. The molecule has 0 saturated heterocycles. The minimum atomic E-state index is -0.126. The molecule has 0 saturated carbocycles. The van der Waals surface area contributed by atoms with Crippen molar-refractivity contribution in [3.05, 3.63) is 11.6 Å². The largest absolute Gasteiger partial charge is 0.348 e. The summed E-state index contributed by atoms with van der Waals surface area (Å²) in [6.07, 6.45) is 7.66. The van der Waals surface area contributed by atoms with E-state index < -0.39 is 0 Å². The van der Waals surface area contributed by atoms with E-state index >= 15 is 0 Å². The first-order valence-corrected chi connectivity index (χ1v) is 4.59. The quantitative estimate of drug-likeness (QED) is 0.462. The van der Waals surface area contributed by atoms with Crippen LogP contribution < -0.4 is 11.1 Å². The molecule has 0 aliphatic rings. The van der Waals surface area contributed by atoms with Crippen molar-refractivity contribution in [1.82, 2.24) is 20.6 Å². The number of hydrogen-bond acceptors (Lipinski definition) is 5. The molecule has 1 atom stereocenters. The van der Waals surface area contributed by atoms with Crippen molar-refractivity contribution in [1.29, 1.82) is 0 Å². The molecule has 0 aliphatic heterocycles. The maximum Gasteiger partial charge on any atom is 0.263 e. The number of nitrogens with two attached hydrogens (primary N) is 1. The Morgan fingerprint density at radius 2 is 2.60 bits per heavy atom. The Bertz CT molecular complexity index is 347. The van der Waals surface area contributed by atoms with E-state index in [1.807, 2.05) is 13.0 Å². The van der Waals surface area contributed by atoms with Gasteiger partial charge in [-0.2, -0.15) is 5.21 Å². The number of allylic oxidation sites excluding steroid dienone is 1. The predicted octanol–water partition coefficient (Wildman–Crippen LogP) is -0.0915. The summed E-state index contributed by atoms with van der Waals surface area (Å²) in [6.45, 7) is 2.49. The van der Waals surface area contributed by atoms with Gasteiger partial charge in [-0.15, -0.1) is 17.4 Å². The highest BCUT2D eigenvalue weighted by molar-refractivity contribution is 5.26. The Kier molecular flexibility index (Phi) is 4.31. The Morgan fingerprint density at radius 3 is 3.13 bits per heavy atom. The normalized spacial score (nSPS) is 13.3. The topological polar surface area (TPSA) is 92.5 Å². The van der Waals surface area contributed by atoms with Gasteiger partial charge >= 0.3 is 0 Å². The Labute approximate surface area is 88.3 Å². The third kappa shape index (κ3) is 3.40. The number of aromatic amines is 1. The molecule has 0 fully saturated rings. The number of hydrogen-bond donors (Lipinski definition) is 3. The van der Waals surface area contributed by atoms with Crippen LogP contribution in [0.2, 0.25) is 0 Å². The summed E-state index contributed by atoms with van der Waals surface area (Å²) >= 11 is 0. The maximum atomic E-state index is 5.86. The number of H-pyrrole nitrogens is 1. The van der Waals surface area contributed by atoms with Gasteiger partial charge in [-0.1, -0.05) is 11.2 Å². The molecule has 1 unspecified atom stereocenters. The molecule has 1 aromatic rings. The molecular weight excluding hydrogens is 192 g/mol. The van der Waals surface area contributed by atoms with Crippen molar-refractivity contribution in [2.45, 2.75) is 19.4 Å². The molecular formula is C9H14N6. The van der Waals surface area contributed by atoms with E-state index in [1.54, 1.807) is 0 Å². The third-order valence-corrected chi connectivity index (χ3v) is 1.98. The van der Waals surface area contributed by atoms with E-state index in [1.165, 1.54) is 0 Å². The van der Waals surface area contributed by atoms with Crippen LogP contribution in [0.15, 0.2) is 11.6 Å². The first-order chi connectivity index (χ1) is 7.27. The molecule has 15 heavy (non-hydrogen) atoms. The zero-order valence-electron chi connectivity index (χ0n) is 8.57. The van der Waals surface area contributed by atoms with Gasteiger partial charge in [0.25, 0.3) is 5.95 Å². The molecule has 6 heteroatoms. The fourth-order valence-corrected chi connectivity index (χ4v) is 1.12. The average molecular weight is 206 g/mol. The highest BCUT2D eigenvalue weighted by Gasteiger charge is 2.07. The molecule has 0 spiro atoms. The van der Waals surface area contributed by atoms with Crippen molar-refractivity contribution in [3.8, 4) is 12.3 Å². The van der Waals surface area contributed by atoms with Crippen LogP contribution in [-0.4, -0.2) is 33.2 Å². The van der Waals surface area contributed by atoms with E-state index in [-0.39, 0.29) is 6.04 Å². The summed E-state index contributed by atoms with van der Waals surface area (Å²) < 4.78 is 0. The van der Waals surface area contributed by atoms with E-state index in [0.29, 0.717) is 18.9 Å². The summed E-state index contributed by atoms with van der Waals surface area (Å²) in [4.78, 5) is 0. The summed E-state index contributed by atoms with van der Waals surface area (Å²) in [5, 5.41) is 16.3. The minimum absolute atomic E-state index is 0.126. The number of terminal acetylenes is 1. The van der Waals surface area contributed by atoms with E-state index in [0.717, 1.165) is 5.57 Å². The van der Waals surface area contributed by atoms with Crippen LogP contribution in [0.25, 0.3) is 0 Å². The smallest absolute Gasteiger partial charge is 0.263 e. The van der Waals surface area contributed by atoms with Crippen molar-refractivity contribution in [2.75, 3.05) is 11.9 Å². The molecule has 0 amide bonds. The minimum Gasteiger partial charge on any atom is -0.348 e.